The number of carboxylic acid groups (broad SMARTS) is 1. The van der Waals surface area contributed by atoms with E-state index in [1.54, 1.807) is 25.1 Å². The van der Waals surface area contributed by atoms with E-state index in [0.717, 1.165) is 61.6 Å². The van der Waals surface area contributed by atoms with E-state index in [1.165, 1.54) is 11.1 Å². The summed E-state index contributed by atoms with van der Waals surface area (Å²) in [6.07, 6.45) is 6.70. The average Bonchev–Trinajstić information content (AvgIpc) is 3.33. The number of carbonyl (C=O) groups is 1. The first kappa shape index (κ1) is 29.3. The molecule has 2 heterocycles. The van der Waals surface area contributed by atoms with Gasteiger partial charge in [0.05, 0.1) is 28.8 Å². The summed E-state index contributed by atoms with van der Waals surface area (Å²) < 4.78 is 29.7. The number of benzene rings is 2. The molecule has 0 amide bonds. The largest absolute Gasteiger partial charge is 0.490 e. The fourth-order valence-corrected chi connectivity index (χ4v) is 7.84. The van der Waals surface area contributed by atoms with Crippen LogP contribution in [0.25, 0.3) is 0 Å². The standard InChI is InChI=1S/C31H38ClN3O6S/c1-19(42(33,38)39)4-8-24-15-29(41-34-24)25-9-5-22(25)16-35-17-31(12-2-3-20-13-23(32)7-10-26(20)31)18-40-28-11-6-21(30(36)37)14-27(28)35/h6-7,10-11,13-14,19,22,25,29H,2-5,8-9,12,15-18H2,1H3,(H,36,37)(H2,33,38,39)/t19?,22-,25+,29-,31-/m0/s1. The SMILES string of the molecule is CC(CCC1=NO[C@H]([C@@H]2CC[C@H]2CN2C[C@@]3(CCCc4cc(Cl)ccc43)COc3ccc(C(=O)O)cc32)C1)S(N)(=O)=O. The highest BCUT2D eigenvalue weighted by Crippen LogP contribution is 2.47. The van der Waals surface area contributed by atoms with E-state index in [1.807, 2.05) is 6.07 Å². The van der Waals surface area contributed by atoms with Gasteiger partial charge in [0, 0.05) is 35.9 Å². The summed E-state index contributed by atoms with van der Waals surface area (Å²) in [4.78, 5) is 20.2. The highest BCUT2D eigenvalue weighted by Gasteiger charge is 2.45. The van der Waals surface area contributed by atoms with Gasteiger partial charge in [0.15, 0.2) is 0 Å². The normalized spacial score (nSPS) is 27.5. The number of aryl methyl sites for hydroxylation is 1. The fourth-order valence-electron chi connectivity index (χ4n) is 7.20. The molecule has 0 aromatic heterocycles. The number of nitrogens with zero attached hydrogens (tertiary/aromatic N) is 2. The first-order valence-electron chi connectivity index (χ1n) is 14.8. The van der Waals surface area contributed by atoms with Crippen LogP contribution >= 0.6 is 11.6 Å². The predicted octanol–water partition coefficient (Wildman–Crippen LogP) is 5.14. The molecule has 0 bridgehead atoms. The number of ether oxygens (including phenoxy) is 1. The van der Waals surface area contributed by atoms with Gasteiger partial charge in [-0.2, -0.15) is 0 Å². The van der Waals surface area contributed by atoms with E-state index in [2.05, 4.69) is 22.2 Å². The molecule has 226 valence electrons. The first-order valence-corrected chi connectivity index (χ1v) is 16.8. The molecule has 42 heavy (non-hydrogen) atoms. The van der Waals surface area contributed by atoms with E-state index in [9.17, 15) is 18.3 Å². The number of halogens is 1. The second kappa shape index (κ2) is 11.4. The molecular formula is C31H38ClN3O6S. The average molecular weight is 616 g/mol. The van der Waals surface area contributed by atoms with Crippen molar-refractivity contribution in [2.24, 2.45) is 22.1 Å². The van der Waals surface area contributed by atoms with E-state index < -0.39 is 21.2 Å². The molecule has 2 aliphatic carbocycles. The maximum atomic E-state index is 11.9. The zero-order valence-corrected chi connectivity index (χ0v) is 25.4. The van der Waals surface area contributed by atoms with Crippen LogP contribution in [-0.4, -0.2) is 56.3 Å². The van der Waals surface area contributed by atoms with Gasteiger partial charge in [-0.3, -0.25) is 0 Å². The van der Waals surface area contributed by atoms with Crippen LogP contribution in [0.5, 0.6) is 5.75 Å². The molecule has 11 heteroatoms. The van der Waals surface area contributed by atoms with Gasteiger partial charge in [0.25, 0.3) is 0 Å². The summed E-state index contributed by atoms with van der Waals surface area (Å²) >= 11 is 6.37. The Labute approximate surface area is 252 Å². The number of hydrogen-bond acceptors (Lipinski definition) is 7. The van der Waals surface area contributed by atoms with Gasteiger partial charge in [-0.15, -0.1) is 0 Å². The number of hydrogen-bond donors (Lipinski definition) is 2. The van der Waals surface area contributed by atoms with Crippen molar-refractivity contribution >= 4 is 39.0 Å². The van der Waals surface area contributed by atoms with Crippen molar-refractivity contribution in [3.8, 4) is 5.75 Å². The van der Waals surface area contributed by atoms with Crippen LogP contribution in [-0.2, 0) is 26.7 Å². The predicted molar refractivity (Wildman–Crippen MR) is 162 cm³/mol. The Kier molecular flexibility index (Phi) is 7.91. The van der Waals surface area contributed by atoms with Gasteiger partial charge in [0.2, 0.25) is 10.0 Å². The molecule has 9 nitrogen and oxygen atoms in total. The number of rotatable bonds is 8. The van der Waals surface area contributed by atoms with Gasteiger partial charge >= 0.3 is 5.97 Å². The van der Waals surface area contributed by atoms with E-state index in [4.69, 9.17) is 26.3 Å². The van der Waals surface area contributed by atoms with Crippen LogP contribution in [0.2, 0.25) is 5.02 Å². The second-order valence-corrected chi connectivity index (χ2v) is 15.0. The fraction of sp³-hybridized carbons (Fsp3) is 0.548. The molecule has 0 saturated heterocycles. The molecule has 2 aromatic carbocycles. The topological polar surface area (TPSA) is 132 Å². The molecule has 3 N–H and O–H groups in total. The van der Waals surface area contributed by atoms with Crippen LogP contribution < -0.4 is 14.8 Å². The quantitative estimate of drug-likeness (QED) is 0.420. The summed E-state index contributed by atoms with van der Waals surface area (Å²) in [5.41, 5.74) is 4.24. The minimum atomic E-state index is -3.57. The van der Waals surface area contributed by atoms with Crippen molar-refractivity contribution in [1.29, 1.82) is 0 Å². The summed E-state index contributed by atoms with van der Waals surface area (Å²) in [6, 6.07) is 11.3. The van der Waals surface area contributed by atoms with Crippen LogP contribution in [0, 0.1) is 11.8 Å². The third-order valence-electron chi connectivity index (χ3n) is 9.85. The third kappa shape index (κ3) is 5.73. The lowest BCUT2D eigenvalue weighted by Gasteiger charge is -2.45. The zero-order chi connectivity index (χ0) is 29.6. The van der Waals surface area contributed by atoms with Crippen molar-refractivity contribution in [2.75, 3.05) is 24.6 Å². The van der Waals surface area contributed by atoms with Crippen LogP contribution in [0.3, 0.4) is 0 Å². The van der Waals surface area contributed by atoms with Crippen LogP contribution in [0.4, 0.5) is 5.69 Å². The number of oxime groups is 1. The van der Waals surface area contributed by atoms with Crippen molar-refractivity contribution in [2.45, 2.75) is 75.1 Å². The van der Waals surface area contributed by atoms with Crippen molar-refractivity contribution in [3.63, 3.8) is 0 Å². The molecule has 5 atom stereocenters. The van der Waals surface area contributed by atoms with E-state index in [0.29, 0.717) is 43.5 Å². The molecule has 1 saturated carbocycles. The number of fused-ring (bicyclic) bond motifs is 3. The number of aromatic carboxylic acids is 1. The Hall–Kier alpha value is -2.82. The molecule has 1 spiro atoms. The van der Waals surface area contributed by atoms with Gasteiger partial charge in [-0.1, -0.05) is 22.8 Å². The molecule has 0 radical (unpaired) electrons. The van der Waals surface area contributed by atoms with Crippen LogP contribution in [0.1, 0.15) is 73.4 Å². The molecule has 1 fully saturated rings. The maximum absolute atomic E-state index is 11.9. The smallest absolute Gasteiger partial charge is 0.335 e. The monoisotopic (exact) mass is 615 g/mol. The maximum Gasteiger partial charge on any atom is 0.335 e. The van der Waals surface area contributed by atoms with Gasteiger partial charge in [0.1, 0.15) is 11.9 Å². The van der Waals surface area contributed by atoms with Crippen molar-refractivity contribution in [3.05, 3.63) is 58.1 Å². The lowest BCUT2D eigenvalue weighted by Crippen LogP contribution is -2.49. The van der Waals surface area contributed by atoms with Crippen molar-refractivity contribution < 1.29 is 27.9 Å². The Morgan fingerprint density at radius 1 is 1.26 bits per heavy atom. The molecule has 6 rings (SSSR count). The summed E-state index contributed by atoms with van der Waals surface area (Å²) in [7, 11) is -3.57. The molecule has 4 aliphatic rings. The minimum absolute atomic E-state index is 0.0388. The Bertz CT molecular complexity index is 1510. The number of nitrogens with two attached hydrogens (primary N) is 1. The lowest BCUT2D eigenvalue weighted by molar-refractivity contribution is -0.0213. The van der Waals surface area contributed by atoms with Gasteiger partial charge in [-0.05, 0) is 99.2 Å². The third-order valence-corrected chi connectivity index (χ3v) is 11.4. The number of anilines is 1. The minimum Gasteiger partial charge on any atom is -0.490 e. The second-order valence-electron chi connectivity index (χ2n) is 12.5. The number of primary sulfonamides is 1. The lowest BCUT2D eigenvalue weighted by atomic mass is 9.68. The Morgan fingerprint density at radius 2 is 2.10 bits per heavy atom. The molecule has 2 aromatic rings. The highest BCUT2D eigenvalue weighted by molar-refractivity contribution is 7.89. The van der Waals surface area contributed by atoms with Crippen LogP contribution in [0.15, 0.2) is 41.6 Å². The zero-order valence-electron chi connectivity index (χ0n) is 23.8. The van der Waals surface area contributed by atoms with Gasteiger partial charge < -0.3 is 19.6 Å². The van der Waals surface area contributed by atoms with E-state index in [-0.39, 0.29) is 17.1 Å². The first-order chi connectivity index (χ1) is 20.0. The molecule has 1 unspecified atom stereocenters. The highest BCUT2D eigenvalue weighted by atomic mass is 35.5. The Morgan fingerprint density at radius 3 is 2.83 bits per heavy atom. The van der Waals surface area contributed by atoms with E-state index >= 15 is 0 Å². The summed E-state index contributed by atoms with van der Waals surface area (Å²) in [5.74, 6) is 0.403. The number of carboxylic acids is 1. The number of sulfonamides is 1. The summed E-state index contributed by atoms with van der Waals surface area (Å²) in [5, 5.41) is 19.5. The molecule has 2 aliphatic heterocycles. The van der Waals surface area contributed by atoms with Gasteiger partial charge in [-0.25, -0.2) is 18.4 Å². The van der Waals surface area contributed by atoms with Crippen molar-refractivity contribution in [1.82, 2.24) is 0 Å². The summed E-state index contributed by atoms with van der Waals surface area (Å²) in [6.45, 7) is 3.62. The Balaban J connectivity index is 1.22. The molecular weight excluding hydrogens is 578 g/mol.